The monoisotopic (exact) mass is 250 g/mol. The van der Waals surface area contributed by atoms with E-state index in [0.29, 0.717) is 32.7 Å². The van der Waals surface area contributed by atoms with Crippen molar-refractivity contribution in [3.8, 4) is 0 Å². The lowest BCUT2D eigenvalue weighted by Crippen LogP contribution is -2.49. The highest BCUT2D eigenvalue weighted by molar-refractivity contribution is 7.88. The Morgan fingerprint density at radius 3 is 2.25 bits per heavy atom. The molecule has 16 heavy (non-hydrogen) atoms. The molecule has 0 spiro atoms. The molecule has 1 fully saturated rings. The van der Waals surface area contributed by atoms with Crippen molar-refractivity contribution in [2.75, 3.05) is 52.7 Å². The van der Waals surface area contributed by atoms with Crippen LogP contribution in [0.25, 0.3) is 0 Å². The smallest absolute Gasteiger partial charge is 0.211 e. The minimum atomic E-state index is -3.09. The third-order valence-electron chi connectivity index (χ3n) is 2.51. The van der Waals surface area contributed by atoms with E-state index in [2.05, 4.69) is 0 Å². The van der Waals surface area contributed by atoms with Gasteiger partial charge in [-0.25, -0.2) is 8.42 Å². The molecule has 0 unspecified atom stereocenters. The largest absolute Gasteiger partial charge is 0.377 e. The molecule has 0 aromatic rings. The number of sulfonamides is 1. The van der Waals surface area contributed by atoms with Crippen LogP contribution in [0.15, 0.2) is 0 Å². The van der Waals surface area contributed by atoms with E-state index in [1.54, 1.807) is 0 Å². The van der Waals surface area contributed by atoms with Gasteiger partial charge in [-0.2, -0.15) is 4.31 Å². The van der Waals surface area contributed by atoms with Crippen LogP contribution in [0, 0.1) is 0 Å². The Hall–Kier alpha value is -0.500. The number of carbonyl (C=O) groups excluding carboxylic acids is 1. The molecular formula is C9H18N2O4S. The topological polar surface area (TPSA) is 66.9 Å². The van der Waals surface area contributed by atoms with Crippen LogP contribution in [0.4, 0.5) is 0 Å². The Morgan fingerprint density at radius 2 is 1.81 bits per heavy atom. The summed E-state index contributed by atoms with van der Waals surface area (Å²) in [5.74, 6) is 0.0234. The van der Waals surface area contributed by atoms with Crippen molar-refractivity contribution in [3.05, 3.63) is 0 Å². The molecule has 1 heterocycles. The molecule has 94 valence electrons. The average Bonchev–Trinajstić information content (AvgIpc) is 2.17. The Bertz CT molecular complexity index is 333. The molecule has 0 saturated carbocycles. The molecule has 0 N–H and O–H groups in total. The Kier molecular flexibility index (Phi) is 4.85. The standard InChI is InChI=1S/C9H18N2O4S/c1-15-8-9(12)7-10-3-5-11(6-4-10)16(2,13)14/h3-8H2,1-2H3. The quantitative estimate of drug-likeness (QED) is 0.612. The van der Waals surface area contributed by atoms with Gasteiger partial charge in [0.25, 0.3) is 0 Å². The van der Waals surface area contributed by atoms with Crippen LogP contribution in [0.5, 0.6) is 0 Å². The van der Waals surface area contributed by atoms with E-state index in [1.807, 2.05) is 4.90 Å². The van der Waals surface area contributed by atoms with Gasteiger partial charge in [-0.1, -0.05) is 0 Å². The molecule has 1 rings (SSSR count). The summed E-state index contributed by atoms with van der Waals surface area (Å²) in [5.41, 5.74) is 0. The third kappa shape index (κ3) is 4.17. The maximum absolute atomic E-state index is 11.3. The fourth-order valence-electron chi connectivity index (χ4n) is 1.68. The number of carbonyl (C=O) groups is 1. The van der Waals surface area contributed by atoms with Crippen LogP contribution in [-0.2, 0) is 19.6 Å². The molecule has 1 aliphatic heterocycles. The number of piperazine rings is 1. The lowest BCUT2D eigenvalue weighted by atomic mass is 10.3. The first-order chi connectivity index (χ1) is 7.43. The van der Waals surface area contributed by atoms with Gasteiger partial charge in [-0.15, -0.1) is 0 Å². The van der Waals surface area contributed by atoms with Crippen LogP contribution in [0.3, 0.4) is 0 Å². The number of ether oxygens (including phenoxy) is 1. The number of rotatable bonds is 5. The van der Waals surface area contributed by atoms with Crippen LogP contribution in [-0.4, -0.2) is 76.1 Å². The summed E-state index contributed by atoms with van der Waals surface area (Å²) >= 11 is 0. The van der Waals surface area contributed by atoms with Crippen LogP contribution < -0.4 is 0 Å². The molecule has 0 radical (unpaired) electrons. The number of ketones is 1. The first kappa shape index (κ1) is 13.6. The second-order valence-corrected chi connectivity index (χ2v) is 5.89. The number of hydrogen-bond donors (Lipinski definition) is 0. The van der Waals surface area contributed by atoms with E-state index in [0.717, 1.165) is 0 Å². The van der Waals surface area contributed by atoms with Crippen LogP contribution >= 0.6 is 0 Å². The summed E-state index contributed by atoms with van der Waals surface area (Å²) in [7, 11) is -1.61. The van der Waals surface area contributed by atoms with Gasteiger partial charge in [0.2, 0.25) is 10.0 Å². The first-order valence-electron chi connectivity index (χ1n) is 5.11. The van der Waals surface area contributed by atoms with Crippen molar-refractivity contribution in [1.29, 1.82) is 0 Å². The predicted molar refractivity (Wildman–Crippen MR) is 59.7 cm³/mol. The fourth-order valence-corrected chi connectivity index (χ4v) is 2.50. The van der Waals surface area contributed by atoms with Gasteiger partial charge in [-0.3, -0.25) is 9.69 Å². The Labute approximate surface area is 96.2 Å². The van der Waals surface area contributed by atoms with Gasteiger partial charge in [0.1, 0.15) is 6.61 Å². The van der Waals surface area contributed by atoms with E-state index < -0.39 is 10.0 Å². The van der Waals surface area contributed by atoms with Crippen molar-refractivity contribution < 1.29 is 17.9 Å². The maximum Gasteiger partial charge on any atom is 0.211 e. The average molecular weight is 250 g/mol. The summed E-state index contributed by atoms with van der Waals surface area (Å²) in [6.45, 7) is 2.57. The van der Waals surface area contributed by atoms with Gasteiger partial charge in [-0.05, 0) is 0 Å². The molecule has 0 aliphatic carbocycles. The van der Waals surface area contributed by atoms with Crippen molar-refractivity contribution in [2.24, 2.45) is 0 Å². The predicted octanol–water partition coefficient (Wildman–Crippen LogP) is -1.22. The van der Waals surface area contributed by atoms with E-state index in [-0.39, 0.29) is 12.4 Å². The van der Waals surface area contributed by atoms with Crippen LogP contribution in [0.2, 0.25) is 0 Å². The van der Waals surface area contributed by atoms with E-state index in [4.69, 9.17) is 4.74 Å². The zero-order valence-corrected chi connectivity index (χ0v) is 10.5. The lowest BCUT2D eigenvalue weighted by Gasteiger charge is -2.32. The highest BCUT2D eigenvalue weighted by Gasteiger charge is 2.24. The summed E-state index contributed by atoms with van der Waals surface area (Å²) in [4.78, 5) is 13.2. The normalized spacial score (nSPS) is 19.9. The highest BCUT2D eigenvalue weighted by Crippen LogP contribution is 2.05. The minimum Gasteiger partial charge on any atom is -0.377 e. The molecule has 0 bridgehead atoms. The fraction of sp³-hybridized carbons (Fsp3) is 0.889. The van der Waals surface area contributed by atoms with Gasteiger partial charge >= 0.3 is 0 Å². The molecule has 0 amide bonds. The first-order valence-corrected chi connectivity index (χ1v) is 6.96. The molecule has 0 aromatic heterocycles. The maximum atomic E-state index is 11.3. The van der Waals surface area contributed by atoms with E-state index >= 15 is 0 Å². The molecule has 0 atom stereocenters. The number of hydrogen-bond acceptors (Lipinski definition) is 5. The second kappa shape index (κ2) is 5.72. The Morgan fingerprint density at radius 1 is 1.25 bits per heavy atom. The van der Waals surface area contributed by atoms with Gasteiger partial charge in [0, 0.05) is 33.3 Å². The van der Waals surface area contributed by atoms with Crippen molar-refractivity contribution >= 4 is 15.8 Å². The molecule has 1 aliphatic rings. The van der Waals surface area contributed by atoms with Gasteiger partial charge in [0.15, 0.2) is 5.78 Å². The van der Waals surface area contributed by atoms with E-state index in [1.165, 1.54) is 17.7 Å². The lowest BCUT2D eigenvalue weighted by molar-refractivity contribution is -0.124. The third-order valence-corrected chi connectivity index (χ3v) is 3.81. The van der Waals surface area contributed by atoms with Crippen molar-refractivity contribution in [2.45, 2.75) is 0 Å². The second-order valence-electron chi connectivity index (χ2n) is 3.91. The van der Waals surface area contributed by atoms with Crippen molar-refractivity contribution in [1.82, 2.24) is 9.21 Å². The highest BCUT2D eigenvalue weighted by atomic mass is 32.2. The van der Waals surface area contributed by atoms with Gasteiger partial charge < -0.3 is 4.74 Å². The summed E-state index contributed by atoms with van der Waals surface area (Å²) in [5, 5.41) is 0. The molecular weight excluding hydrogens is 232 g/mol. The Balaban J connectivity index is 2.35. The SMILES string of the molecule is COCC(=O)CN1CCN(S(C)(=O)=O)CC1. The van der Waals surface area contributed by atoms with Crippen LogP contribution in [0.1, 0.15) is 0 Å². The molecule has 0 aromatic carbocycles. The summed E-state index contributed by atoms with van der Waals surface area (Å²) in [6, 6.07) is 0. The molecule has 6 nitrogen and oxygen atoms in total. The number of nitrogens with zero attached hydrogens (tertiary/aromatic N) is 2. The van der Waals surface area contributed by atoms with Crippen molar-refractivity contribution in [3.63, 3.8) is 0 Å². The van der Waals surface area contributed by atoms with E-state index in [9.17, 15) is 13.2 Å². The van der Waals surface area contributed by atoms with Gasteiger partial charge in [0.05, 0.1) is 12.8 Å². The molecule has 1 saturated heterocycles. The number of methoxy groups -OCH3 is 1. The summed E-state index contributed by atoms with van der Waals surface area (Å²) in [6.07, 6.45) is 1.21. The minimum absolute atomic E-state index is 0.0234. The summed E-state index contributed by atoms with van der Waals surface area (Å²) < 4.78 is 28.6. The zero-order valence-electron chi connectivity index (χ0n) is 9.68. The zero-order chi connectivity index (χ0) is 12.2. The molecule has 7 heteroatoms. The number of Topliss-reactive ketones (excluding diaryl/α,β-unsaturated/α-hetero) is 1.